The summed E-state index contributed by atoms with van der Waals surface area (Å²) in [5.41, 5.74) is 0.0799. The van der Waals surface area contributed by atoms with Gasteiger partial charge in [-0.3, -0.25) is 9.69 Å². The first-order valence-electron chi connectivity index (χ1n) is 12.5. The van der Waals surface area contributed by atoms with Crippen molar-refractivity contribution in [3.05, 3.63) is 40.7 Å². The highest BCUT2D eigenvalue weighted by molar-refractivity contribution is 6.35. The molecule has 2 atom stereocenters. The Bertz CT molecular complexity index is 1200. The molecule has 1 aromatic heterocycles. The Hall–Kier alpha value is -2.56. The van der Waals surface area contributed by atoms with Gasteiger partial charge in [0.2, 0.25) is 0 Å². The maximum absolute atomic E-state index is 14.9. The lowest BCUT2D eigenvalue weighted by atomic mass is 9.98. The number of nitrogens with one attached hydrogen (secondary N) is 1. The third-order valence-electron chi connectivity index (χ3n) is 7.61. The fraction of sp³-hybridized carbons (Fsp3) is 0.538. The lowest BCUT2D eigenvalue weighted by Gasteiger charge is -2.36. The van der Waals surface area contributed by atoms with E-state index in [9.17, 15) is 18.0 Å². The highest BCUT2D eigenvalue weighted by Gasteiger charge is 2.45. The summed E-state index contributed by atoms with van der Waals surface area (Å²) >= 11 is 6.80. The third kappa shape index (κ3) is 4.75. The van der Waals surface area contributed by atoms with Crippen molar-refractivity contribution in [1.82, 2.24) is 20.1 Å². The molecule has 3 aliphatic heterocycles. The minimum atomic E-state index is -2.46. The molecule has 0 bridgehead atoms. The molecular weight excluding hydrogens is 507 g/mol. The number of amides is 1. The molecule has 1 aromatic carbocycles. The first kappa shape index (κ1) is 26.1. The van der Waals surface area contributed by atoms with Crippen LogP contribution in [0, 0.1) is 5.82 Å². The molecule has 3 aliphatic rings. The van der Waals surface area contributed by atoms with Gasteiger partial charge < -0.3 is 19.9 Å². The van der Waals surface area contributed by atoms with Gasteiger partial charge in [0.05, 0.1) is 18.3 Å². The van der Waals surface area contributed by atoms with Gasteiger partial charge in [-0.2, -0.15) is 0 Å². The minimum Gasteiger partial charge on any atom is -0.489 e. The van der Waals surface area contributed by atoms with Crippen molar-refractivity contribution in [2.24, 2.45) is 0 Å². The van der Waals surface area contributed by atoms with Crippen molar-refractivity contribution in [1.29, 1.82) is 0 Å². The van der Waals surface area contributed by atoms with Gasteiger partial charge in [0.15, 0.2) is 5.75 Å². The lowest BCUT2D eigenvalue weighted by Crippen LogP contribution is -2.55. The number of rotatable bonds is 5. The molecule has 11 heteroatoms. The van der Waals surface area contributed by atoms with Crippen LogP contribution >= 0.6 is 11.6 Å². The second-order valence-electron chi connectivity index (χ2n) is 10.6. The Kier molecular flexibility index (Phi) is 7.02. The molecule has 7 nitrogen and oxygen atoms in total. The van der Waals surface area contributed by atoms with E-state index >= 15 is 0 Å². The summed E-state index contributed by atoms with van der Waals surface area (Å²) in [6.07, 6.45) is -1.88. The average Bonchev–Trinajstić information content (AvgIpc) is 3.09. The van der Waals surface area contributed by atoms with Crippen LogP contribution in [0.4, 0.5) is 19.0 Å². The number of likely N-dealkylation sites (N-methyl/N-ethyl adjacent to an activating group) is 1. The van der Waals surface area contributed by atoms with Crippen molar-refractivity contribution >= 4 is 23.3 Å². The number of anilines is 1. The summed E-state index contributed by atoms with van der Waals surface area (Å²) in [7, 11) is 1.68. The molecule has 1 N–H and O–H groups in total. The molecule has 1 unspecified atom stereocenters. The van der Waals surface area contributed by atoms with E-state index in [1.54, 1.807) is 35.0 Å². The molecule has 200 valence electrons. The van der Waals surface area contributed by atoms with Crippen LogP contribution in [-0.2, 0) is 0 Å². The molecule has 0 radical (unpaired) electrons. The second-order valence-corrected chi connectivity index (χ2v) is 10.9. The zero-order valence-electron chi connectivity index (χ0n) is 21.1. The molecule has 4 heterocycles. The molecule has 2 saturated heterocycles. The molecule has 0 aliphatic carbocycles. The standard InChI is InChI=1S/C26H31ClF3N5O2/c1-26(2)10-15(33(3)13-19(29)30)12-35(26)24-20-23(37-14-16-11-31-8-9-34(16)25(20)36)21(27)22(32-24)17-6-4-5-7-18(17)28/h4-7,15-16,19,31H,8-14H2,1-3H3/t15?,16-/m1/s1. The monoisotopic (exact) mass is 537 g/mol. The first-order valence-corrected chi connectivity index (χ1v) is 12.8. The summed E-state index contributed by atoms with van der Waals surface area (Å²) < 4.78 is 47.4. The number of alkyl halides is 2. The van der Waals surface area contributed by atoms with Crippen LogP contribution in [0.3, 0.4) is 0 Å². The van der Waals surface area contributed by atoms with Crippen molar-refractivity contribution < 1.29 is 22.7 Å². The van der Waals surface area contributed by atoms with Crippen molar-refractivity contribution in [3.8, 4) is 17.0 Å². The number of fused-ring (bicyclic) bond motifs is 2. The van der Waals surface area contributed by atoms with Crippen LogP contribution in [-0.4, -0.2) is 91.1 Å². The molecule has 5 rings (SSSR count). The van der Waals surface area contributed by atoms with E-state index in [1.165, 1.54) is 6.07 Å². The van der Waals surface area contributed by atoms with E-state index in [1.807, 2.05) is 18.7 Å². The van der Waals surface area contributed by atoms with Crippen LogP contribution in [0.25, 0.3) is 11.3 Å². The second kappa shape index (κ2) is 9.96. The number of halogens is 4. The van der Waals surface area contributed by atoms with Crippen molar-refractivity contribution in [2.75, 3.05) is 51.3 Å². The van der Waals surface area contributed by atoms with Gasteiger partial charge in [-0.1, -0.05) is 23.7 Å². The van der Waals surface area contributed by atoms with E-state index in [-0.39, 0.29) is 58.7 Å². The van der Waals surface area contributed by atoms with Crippen molar-refractivity contribution in [3.63, 3.8) is 0 Å². The zero-order valence-corrected chi connectivity index (χ0v) is 21.9. The van der Waals surface area contributed by atoms with Gasteiger partial charge in [-0.15, -0.1) is 0 Å². The Morgan fingerprint density at radius 2 is 2.08 bits per heavy atom. The molecule has 0 saturated carbocycles. The Morgan fingerprint density at radius 3 is 2.81 bits per heavy atom. The van der Waals surface area contributed by atoms with Gasteiger partial charge >= 0.3 is 0 Å². The van der Waals surface area contributed by atoms with Crippen LogP contribution in [0.15, 0.2) is 24.3 Å². The van der Waals surface area contributed by atoms with E-state index in [2.05, 4.69) is 5.32 Å². The minimum absolute atomic E-state index is 0.0772. The number of piperazine rings is 1. The lowest BCUT2D eigenvalue weighted by molar-refractivity contribution is 0.0606. The average molecular weight is 538 g/mol. The number of hydrogen-bond donors (Lipinski definition) is 1. The molecular formula is C26H31ClF3N5O2. The van der Waals surface area contributed by atoms with E-state index < -0.39 is 17.8 Å². The summed E-state index contributed by atoms with van der Waals surface area (Å²) in [6, 6.07) is 5.80. The maximum atomic E-state index is 14.9. The number of ether oxygens (including phenoxy) is 1. The Morgan fingerprint density at radius 1 is 1.32 bits per heavy atom. The zero-order chi connectivity index (χ0) is 26.5. The number of carbonyl (C=O) groups excluding carboxylic acids is 1. The molecule has 1 amide bonds. The summed E-state index contributed by atoms with van der Waals surface area (Å²) in [5.74, 6) is -0.229. The van der Waals surface area contributed by atoms with E-state index in [0.29, 0.717) is 38.4 Å². The van der Waals surface area contributed by atoms with Gasteiger partial charge in [0, 0.05) is 43.3 Å². The van der Waals surface area contributed by atoms with Crippen LogP contribution in [0.2, 0.25) is 5.02 Å². The number of pyridine rings is 1. The number of benzene rings is 1. The number of carbonyl (C=O) groups is 1. The van der Waals surface area contributed by atoms with Crippen LogP contribution in [0.5, 0.6) is 5.75 Å². The molecule has 2 fully saturated rings. The van der Waals surface area contributed by atoms with Gasteiger partial charge in [0.25, 0.3) is 12.3 Å². The van der Waals surface area contributed by atoms with Gasteiger partial charge in [-0.25, -0.2) is 18.2 Å². The fourth-order valence-electron chi connectivity index (χ4n) is 5.63. The number of aromatic nitrogens is 1. The highest BCUT2D eigenvalue weighted by atomic mass is 35.5. The fourth-order valence-corrected chi connectivity index (χ4v) is 5.92. The quantitative estimate of drug-likeness (QED) is 0.624. The van der Waals surface area contributed by atoms with E-state index in [0.717, 1.165) is 0 Å². The summed E-state index contributed by atoms with van der Waals surface area (Å²) in [6.45, 7) is 5.95. The Balaban J connectivity index is 1.68. The Labute approximate surface area is 219 Å². The smallest absolute Gasteiger partial charge is 0.261 e. The summed E-state index contributed by atoms with van der Waals surface area (Å²) in [5, 5.41) is 3.36. The number of hydrogen-bond acceptors (Lipinski definition) is 6. The van der Waals surface area contributed by atoms with Crippen LogP contribution in [0.1, 0.15) is 30.6 Å². The SMILES string of the molecule is CN(CC(F)F)C1CN(c2nc(-c3ccccc3F)c(Cl)c3c2C(=O)N2CCNC[C@@H]2CO3)C(C)(C)C1. The largest absolute Gasteiger partial charge is 0.489 e. The molecule has 37 heavy (non-hydrogen) atoms. The van der Waals surface area contributed by atoms with Crippen molar-refractivity contribution in [2.45, 2.75) is 44.3 Å². The highest BCUT2D eigenvalue weighted by Crippen LogP contribution is 2.46. The van der Waals surface area contributed by atoms with Gasteiger partial charge in [0.1, 0.15) is 28.8 Å². The number of nitrogens with zero attached hydrogens (tertiary/aromatic N) is 4. The van der Waals surface area contributed by atoms with E-state index in [4.69, 9.17) is 21.3 Å². The molecule has 2 aromatic rings. The third-order valence-corrected chi connectivity index (χ3v) is 7.96. The summed E-state index contributed by atoms with van der Waals surface area (Å²) in [4.78, 5) is 24.2. The van der Waals surface area contributed by atoms with Crippen LogP contribution < -0.4 is 15.0 Å². The predicted molar refractivity (Wildman–Crippen MR) is 136 cm³/mol. The molecule has 0 spiro atoms. The predicted octanol–water partition coefficient (Wildman–Crippen LogP) is 3.90. The topological polar surface area (TPSA) is 60.9 Å². The maximum Gasteiger partial charge on any atom is 0.261 e. The van der Waals surface area contributed by atoms with Gasteiger partial charge in [-0.05, 0) is 39.4 Å². The first-order chi connectivity index (χ1) is 17.6. The normalized spacial score (nSPS) is 23.2.